The Hall–Kier alpha value is -2.63. The van der Waals surface area contributed by atoms with Gasteiger partial charge >= 0.3 is 0 Å². The van der Waals surface area contributed by atoms with Crippen molar-refractivity contribution < 1.29 is 9.53 Å². The van der Waals surface area contributed by atoms with Gasteiger partial charge in [0.1, 0.15) is 12.4 Å². The first-order valence-electron chi connectivity index (χ1n) is 9.42. The van der Waals surface area contributed by atoms with Crippen molar-refractivity contribution in [2.75, 3.05) is 24.6 Å². The number of nitrogens with one attached hydrogen (secondary N) is 1. The topological polar surface area (TPSA) is 67.3 Å². The molecule has 2 aromatic rings. The molecule has 1 N–H and O–H groups in total. The third-order valence-electron chi connectivity index (χ3n) is 5.64. The van der Waals surface area contributed by atoms with E-state index in [4.69, 9.17) is 14.7 Å². The number of carbonyl (C=O) groups is 1. The number of aryl methyl sites for hydroxylation is 1. The van der Waals surface area contributed by atoms with Gasteiger partial charge < -0.3 is 15.0 Å². The molecule has 3 aliphatic rings. The summed E-state index contributed by atoms with van der Waals surface area (Å²) in [7, 11) is 0. The molecule has 1 aromatic carbocycles. The van der Waals surface area contributed by atoms with Gasteiger partial charge in [0.05, 0.1) is 17.8 Å². The fourth-order valence-corrected chi connectivity index (χ4v) is 4.00. The van der Waals surface area contributed by atoms with Gasteiger partial charge in [0.15, 0.2) is 0 Å². The molecular formula is C20H22N4O2. The molecule has 6 nitrogen and oxygen atoms in total. The van der Waals surface area contributed by atoms with E-state index in [0.717, 1.165) is 43.0 Å². The van der Waals surface area contributed by atoms with Gasteiger partial charge in [-0.15, -0.1) is 0 Å². The van der Waals surface area contributed by atoms with Gasteiger partial charge in [-0.3, -0.25) is 4.79 Å². The molecule has 6 heteroatoms. The second-order valence-electron chi connectivity index (χ2n) is 7.30. The third-order valence-corrected chi connectivity index (χ3v) is 5.64. The number of hydrogen-bond donors (Lipinski definition) is 1. The fourth-order valence-electron chi connectivity index (χ4n) is 4.00. The minimum absolute atomic E-state index is 0.0768. The normalized spacial score (nSPS) is 21.2. The summed E-state index contributed by atoms with van der Waals surface area (Å²) < 4.78 is 5.79. The van der Waals surface area contributed by atoms with E-state index in [1.807, 2.05) is 18.2 Å². The van der Waals surface area contributed by atoms with Crippen LogP contribution in [0.4, 0.5) is 5.95 Å². The number of hydrogen-bond acceptors (Lipinski definition) is 5. The number of carbonyl (C=O) groups excluding carboxylic acids is 1. The van der Waals surface area contributed by atoms with Gasteiger partial charge in [-0.05, 0) is 44.7 Å². The average Bonchev–Trinajstić information content (AvgIpc) is 3.03. The van der Waals surface area contributed by atoms with Gasteiger partial charge in [0.25, 0.3) is 5.91 Å². The molecule has 1 fully saturated rings. The second-order valence-corrected chi connectivity index (χ2v) is 7.30. The van der Waals surface area contributed by atoms with Crippen LogP contribution in [0.1, 0.15) is 41.4 Å². The summed E-state index contributed by atoms with van der Waals surface area (Å²) in [5, 5.41) is 2.85. The Bertz CT molecular complexity index is 896. The van der Waals surface area contributed by atoms with Crippen molar-refractivity contribution in [2.24, 2.45) is 0 Å². The number of fused-ring (bicyclic) bond motifs is 2. The number of amides is 1. The van der Waals surface area contributed by atoms with Crippen molar-refractivity contribution in [3.8, 4) is 17.0 Å². The number of aromatic nitrogens is 2. The van der Waals surface area contributed by atoms with E-state index in [0.29, 0.717) is 30.5 Å². The molecule has 26 heavy (non-hydrogen) atoms. The molecule has 1 atom stereocenters. The predicted molar refractivity (Wildman–Crippen MR) is 98.7 cm³/mol. The van der Waals surface area contributed by atoms with Crippen LogP contribution in [0, 0.1) is 0 Å². The zero-order valence-electron chi connectivity index (χ0n) is 14.9. The monoisotopic (exact) mass is 350 g/mol. The first-order chi connectivity index (χ1) is 12.7. The highest BCUT2D eigenvalue weighted by molar-refractivity contribution is 5.98. The zero-order chi connectivity index (χ0) is 17.7. The summed E-state index contributed by atoms with van der Waals surface area (Å²) in [6.45, 7) is 4.25. The summed E-state index contributed by atoms with van der Waals surface area (Å²) in [5.74, 6) is 1.40. The van der Waals surface area contributed by atoms with E-state index >= 15 is 0 Å². The highest BCUT2D eigenvalue weighted by Gasteiger charge is 2.29. The summed E-state index contributed by atoms with van der Waals surface area (Å²) in [5.41, 5.74) is 5.03. The highest BCUT2D eigenvalue weighted by Crippen LogP contribution is 2.36. The van der Waals surface area contributed by atoms with E-state index in [9.17, 15) is 4.79 Å². The van der Waals surface area contributed by atoms with Crippen LogP contribution in [-0.2, 0) is 12.8 Å². The van der Waals surface area contributed by atoms with Crippen LogP contribution in [0.25, 0.3) is 11.3 Å². The van der Waals surface area contributed by atoms with Crippen molar-refractivity contribution in [3.05, 3.63) is 35.0 Å². The van der Waals surface area contributed by atoms with Crippen molar-refractivity contribution in [3.63, 3.8) is 0 Å². The summed E-state index contributed by atoms with van der Waals surface area (Å²) in [4.78, 5) is 24.2. The number of benzene rings is 1. The number of anilines is 1. The lowest BCUT2D eigenvalue weighted by Gasteiger charge is -2.39. The molecule has 134 valence electrons. The third kappa shape index (κ3) is 2.43. The van der Waals surface area contributed by atoms with Crippen molar-refractivity contribution in [2.45, 2.75) is 38.6 Å². The summed E-state index contributed by atoms with van der Waals surface area (Å²) in [6.07, 6.45) is 4.35. The van der Waals surface area contributed by atoms with Gasteiger partial charge in [-0.1, -0.05) is 6.07 Å². The Balaban J connectivity index is 1.61. The van der Waals surface area contributed by atoms with E-state index in [-0.39, 0.29) is 5.91 Å². The van der Waals surface area contributed by atoms with Crippen molar-refractivity contribution in [1.82, 2.24) is 15.3 Å². The standard InChI is InChI=1S/C20H22N4O2/c1-12-7-9-24(12)20-22-16-4-2-3-14(16)18(23-20)13-5-6-15-17(11-13)26-10-8-21-19(15)25/h5-6,11-12H,2-4,7-10H2,1H3,(H,21,25)/t12-/m0/s1. The first kappa shape index (κ1) is 15.6. The Morgan fingerprint density at radius 1 is 1.27 bits per heavy atom. The number of nitrogens with zero attached hydrogens (tertiary/aromatic N) is 3. The Morgan fingerprint density at radius 3 is 3.00 bits per heavy atom. The van der Waals surface area contributed by atoms with Gasteiger partial charge in [0.2, 0.25) is 5.95 Å². The van der Waals surface area contributed by atoms with E-state index in [1.165, 1.54) is 17.7 Å². The molecule has 1 aromatic heterocycles. The van der Waals surface area contributed by atoms with Crippen LogP contribution < -0.4 is 15.0 Å². The molecule has 3 heterocycles. The maximum atomic E-state index is 12.1. The molecule has 1 amide bonds. The van der Waals surface area contributed by atoms with Gasteiger partial charge in [-0.25, -0.2) is 9.97 Å². The van der Waals surface area contributed by atoms with Crippen LogP contribution in [-0.4, -0.2) is 41.6 Å². The second kappa shape index (κ2) is 5.97. The number of ether oxygens (including phenoxy) is 1. The molecule has 2 aliphatic heterocycles. The van der Waals surface area contributed by atoms with Gasteiger partial charge in [0, 0.05) is 29.4 Å². The lowest BCUT2D eigenvalue weighted by atomic mass is 10.0. The maximum Gasteiger partial charge on any atom is 0.255 e. The molecule has 0 bridgehead atoms. The quantitative estimate of drug-likeness (QED) is 0.901. The maximum absolute atomic E-state index is 12.1. The molecule has 0 spiro atoms. The minimum Gasteiger partial charge on any atom is -0.491 e. The van der Waals surface area contributed by atoms with Gasteiger partial charge in [-0.2, -0.15) is 0 Å². The van der Waals surface area contributed by atoms with Crippen LogP contribution in [0.5, 0.6) is 5.75 Å². The Labute approximate surface area is 152 Å². The highest BCUT2D eigenvalue weighted by atomic mass is 16.5. The van der Waals surface area contributed by atoms with Crippen LogP contribution in [0.15, 0.2) is 18.2 Å². The largest absolute Gasteiger partial charge is 0.491 e. The van der Waals surface area contributed by atoms with E-state index in [1.54, 1.807) is 0 Å². The molecule has 5 rings (SSSR count). The SMILES string of the molecule is C[C@H]1CCN1c1nc2c(c(-c3ccc4c(c3)OCCNC4=O)n1)CCC2. The minimum atomic E-state index is -0.0768. The summed E-state index contributed by atoms with van der Waals surface area (Å²) >= 11 is 0. The molecule has 1 saturated heterocycles. The summed E-state index contributed by atoms with van der Waals surface area (Å²) in [6, 6.07) is 6.30. The molecule has 0 radical (unpaired) electrons. The molecular weight excluding hydrogens is 328 g/mol. The lowest BCUT2D eigenvalue weighted by molar-refractivity contribution is 0.0957. The predicted octanol–water partition coefficient (Wildman–Crippen LogP) is 2.35. The smallest absolute Gasteiger partial charge is 0.255 e. The molecule has 1 aliphatic carbocycles. The van der Waals surface area contributed by atoms with E-state index < -0.39 is 0 Å². The van der Waals surface area contributed by atoms with Crippen molar-refractivity contribution in [1.29, 1.82) is 0 Å². The zero-order valence-corrected chi connectivity index (χ0v) is 14.9. The van der Waals surface area contributed by atoms with Crippen LogP contribution in [0.3, 0.4) is 0 Å². The van der Waals surface area contributed by atoms with Crippen molar-refractivity contribution >= 4 is 11.9 Å². The Morgan fingerprint density at radius 2 is 2.19 bits per heavy atom. The number of rotatable bonds is 2. The first-order valence-corrected chi connectivity index (χ1v) is 9.42. The lowest BCUT2D eigenvalue weighted by Crippen LogP contribution is -2.46. The van der Waals surface area contributed by atoms with E-state index in [2.05, 4.69) is 17.1 Å². The Kier molecular flexibility index (Phi) is 3.58. The van der Waals surface area contributed by atoms with Crippen LogP contribution in [0.2, 0.25) is 0 Å². The van der Waals surface area contributed by atoms with Crippen LogP contribution >= 0.6 is 0 Å². The fraction of sp³-hybridized carbons (Fsp3) is 0.450. The molecule has 0 unspecified atom stereocenters. The molecule has 0 saturated carbocycles. The average molecular weight is 350 g/mol.